The van der Waals surface area contributed by atoms with Crippen LogP contribution in [0.25, 0.3) is 94.1 Å². The van der Waals surface area contributed by atoms with Gasteiger partial charge in [-0.1, -0.05) is 115 Å². The molecule has 6 aromatic carbocycles. The molecule has 0 unspecified atom stereocenters. The van der Waals surface area contributed by atoms with E-state index >= 15 is 0 Å². The van der Waals surface area contributed by atoms with Gasteiger partial charge < -0.3 is 8.83 Å². The third-order valence-corrected chi connectivity index (χ3v) is 8.80. The van der Waals surface area contributed by atoms with Crippen molar-refractivity contribution in [3.8, 4) is 28.5 Å². The molecule has 5 heteroatoms. The molecule has 0 aliphatic rings. The Kier molecular flexibility index (Phi) is 4.93. The molecule has 10 aromatic rings. The second kappa shape index (κ2) is 9.15. The van der Waals surface area contributed by atoms with Gasteiger partial charge in [0.2, 0.25) is 0 Å². The van der Waals surface area contributed by atoms with E-state index in [4.69, 9.17) is 18.8 Å². The fraction of sp³-hybridized carbons (Fsp3) is 0. The monoisotopic (exact) mass is 577 g/mol. The van der Waals surface area contributed by atoms with Crippen LogP contribution in [0.5, 0.6) is 0 Å². The summed E-state index contributed by atoms with van der Waals surface area (Å²) < 4.78 is 15.7. The molecule has 0 saturated carbocycles. The minimum Gasteiger partial charge on any atom is -0.455 e. The molecule has 5 nitrogen and oxygen atoms in total. The van der Waals surface area contributed by atoms with Crippen molar-refractivity contribution in [2.45, 2.75) is 0 Å². The first kappa shape index (κ1) is 24.3. The highest BCUT2D eigenvalue weighted by Crippen LogP contribution is 2.48. The van der Waals surface area contributed by atoms with E-state index in [9.17, 15) is 0 Å². The minimum absolute atomic E-state index is 0.661. The van der Waals surface area contributed by atoms with Crippen LogP contribution in [0.2, 0.25) is 0 Å². The maximum atomic E-state index is 6.77. The van der Waals surface area contributed by atoms with Gasteiger partial charge in [0.15, 0.2) is 11.4 Å². The number of hydrogen-bond donors (Lipinski definition) is 0. The fourth-order valence-corrected chi connectivity index (χ4v) is 6.88. The lowest BCUT2D eigenvalue weighted by atomic mass is 10.0. The molecule has 0 fully saturated rings. The molecule has 4 heterocycles. The number of para-hydroxylation sites is 3. The lowest BCUT2D eigenvalue weighted by Gasteiger charge is -2.12. The van der Waals surface area contributed by atoms with Gasteiger partial charge in [-0.2, -0.15) is 0 Å². The van der Waals surface area contributed by atoms with Gasteiger partial charge in [-0.15, -0.1) is 0 Å². The molecule has 4 aromatic heterocycles. The van der Waals surface area contributed by atoms with Crippen LogP contribution in [-0.4, -0.2) is 14.5 Å². The van der Waals surface area contributed by atoms with Crippen molar-refractivity contribution in [1.29, 1.82) is 0 Å². The van der Waals surface area contributed by atoms with Crippen LogP contribution in [-0.2, 0) is 0 Å². The van der Waals surface area contributed by atoms with Crippen molar-refractivity contribution < 1.29 is 8.83 Å². The zero-order valence-electron chi connectivity index (χ0n) is 23.9. The summed E-state index contributed by atoms with van der Waals surface area (Å²) in [4.78, 5) is 10.3. The summed E-state index contributed by atoms with van der Waals surface area (Å²) in [6.07, 6.45) is 0. The summed E-state index contributed by atoms with van der Waals surface area (Å²) in [6, 6.07) is 47.5. The molecule has 0 N–H and O–H groups in total. The first-order valence-electron chi connectivity index (χ1n) is 15.0. The SMILES string of the molecule is c1ccc(-c2cc(-n3c4ccccc4c4c5c6ccccc6oc5c5c6ccccc6oc5c43)nc(-c3ccccc3)n2)cc1. The summed E-state index contributed by atoms with van der Waals surface area (Å²) in [7, 11) is 0. The summed E-state index contributed by atoms with van der Waals surface area (Å²) in [6.45, 7) is 0. The number of nitrogens with zero attached hydrogens (tertiary/aromatic N) is 3. The van der Waals surface area contributed by atoms with Gasteiger partial charge in [-0.25, -0.2) is 9.97 Å². The molecular formula is C40H23N3O2. The number of benzene rings is 6. The van der Waals surface area contributed by atoms with Gasteiger partial charge in [0, 0.05) is 44.1 Å². The first-order valence-corrected chi connectivity index (χ1v) is 15.0. The molecule has 0 atom stereocenters. The van der Waals surface area contributed by atoms with E-state index < -0.39 is 0 Å². The number of furan rings is 2. The van der Waals surface area contributed by atoms with Gasteiger partial charge in [-0.05, 0) is 18.2 Å². The fourth-order valence-electron chi connectivity index (χ4n) is 6.88. The van der Waals surface area contributed by atoms with Gasteiger partial charge >= 0.3 is 0 Å². The standard InChI is InChI=1S/C40H23N3O2/c1-3-13-24(14-4-1)29-23-33(42-40(41-29)25-15-5-2-6-16-25)43-30-20-10-7-17-26(30)34-35-27-18-8-11-21-31(27)44-38(35)36-28-19-9-12-22-32(28)45-39(36)37(34)43/h1-23H. The second-order valence-corrected chi connectivity index (χ2v) is 11.3. The van der Waals surface area contributed by atoms with Crippen molar-refractivity contribution in [3.05, 3.63) is 140 Å². The highest BCUT2D eigenvalue weighted by molar-refractivity contribution is 6.38. The van der Waals surface area contributed by atoms with Crippen LogP contribution in [0.15, 0.2) is 148 Å². The van der Waals surface area contributed by atoms with Crippen LogP contribution >= 0.6 is 0 Å². The highest BCUT2D eigenvalue weighted by atomic mass is 16.3. The predicted molar refractivity (Wildman–Crippen MR) is 182 cm³/mol. The van der Waals surface area contributed by atoms with Gasteiger partial charge in [0.05, 0.1) is 22.1 Å². The van der Waals surface area contributed by atoms with Crippen molar-refractivity contribution in [1.82, 2.24) is 14.5 Å². The van der Waals surface area contributed by atoms with E-state index in [2.05, 4.69) is 77.4 Å². The van der Waals surface area contributed by atoms with E-state index in [0.717, 1.165) is 88.3 Å². The number of fused-ring (bicyclic) bond motifs is 12. The molecular weight excluding hydrogens is 554 g/mol. The topological polar surface area (TPSA) is 57.0 Å². The first-order chi connectivity index (χ1) is 22.3. The molecule has 210 valence electrons. The quantitative estimate of drug-likeness (QED) is 0.210. The van der Waals surface area contributed by atoms with Crippen molar-refractivity contribution in [2.75, 3.05) is 0 Å². The van der Waals surface area contributed by atoms with Crippen molar-refractivity contribution in [3.63, 3.8) is 0 Å². The number of hydrogen-bond acceptors (Lipinski definition) is 4. The molecule has 0 aliphatic heterocycles. The van der Waals surface area contributed by atoms with Crippen molar-refractivity contribution in [2.24, 2.45) is 0 Å². The number of rotatable bonds is 3. The molecule has 0 spiro atoms. The highest BCUT2D eigenvalue weighted by Gasteiger charge is 2.27. The smallest absolute Gasteiger partial charge is 0.163 e. The Balaban J connectivity index is 1.45. The van der Waals surface area contributed by atoms with Crippen molar-refractivity contribution >= 4 is 65.7 Å². The predicted octanol–water partition coefficient (Wildman–Crippen LogP) is 10.7. The molecule has 10 rings (SSSR count). The Morgan fingerprint density at radius 2 is 1.04 bits per heavy atom. The second-order valence-electron chi connectivity index (χ2n) is 11.3. The number of aromatic nitrogens is 3. The molecule has 0 bridgehead atoms. The Morgan fingerprint density at radius 3 is 1.78 bits per heavy atom. The van der Waals surface area contributed by atoms with Crippen LogP contribution in [0, 0.1) is 0 Å². The van der Waals surface area contributed by atoms with Crippen LogP contribution in [0.1, 0.15) is 0 Å². The van der Waals surface area contributed by atoms with E-state index in [1.54, 1.807) is 0 Å². The van der Waals surface area contributed by atoms with Gasteiger partial charge in [0.25, 0.3) is 0 Å². The Labute approximate surface area is 256 Å². The maximum absolute atomic E-state index is 6.77. The Morgan fingerprint density at radius 1 is 0.467 bits per heavy atom. The minimum atomic E-state index is 0.661. The summed E-state index contributed by atoms with van der Waals surface area (Å²) in [5.41, 5.74) is 8.09. The summed E-state index contributed by atoms with van der Waals surface area (Å²) in [5.74, 6) is 1.43. The van der Waals surface area contributed by atoms with Crippen LogP contribution in [0.3, 0.4) is 0 Å². The lowest BCUT2D eigenvalue weighted by Crippen LogP contribution is -2.02. The average molecular weight is 578 g/mol. The Hall–Kier alpha value is -6.20. The zero-order chi connectivity index (χ0) is 29.5. The van der Waals surface area contributed by atoms with Crippen LogP contribution in [0.4, 0.5) is 0 Å². The van der Waals surface area contributed by atoms with E-state index in [-0.39, 0.29) is 0 Å². The summed E-state index contributed by atoms with van der Waals surface area (Å²) >= 11 is 0. The largest absolute Gasteiger partial charge is 0.455 e. The lowest BCUT2D eigenvalue weighted by molar-refractivity contribution is 0.664. The third-order valence-electron chi connectivity index (χ3n) is 8.80. The van der Waals surface area contributed by atoms with E-state index in [1.807, 2.05) is 66.7 Å². The van der Waals surface area contributed by atoms with E-state index in [1.165, 1.54) is 0 Å². The average Bonchev–Trinajstić information content (AvgIpc) is 3.78. The molecule has 45 heavy (non-hydrogen) atoms. The molecule has 0 radical (unpaired) electrons. The molecule has 0 amide bonds. The maximum Gasteiger partial charge on any atom is 0.163 e. The van der Waals surface area contributed by atoms with E-state index in [0.29, 0.717) is 5.82 Å². The zero-order valence-corrected chi connectivity index (χ0v) is 23.9. The molecule has 0 aliphatic carbocycles. The van der Waals surface area contributed by atoms with Gasteiger partial charge in [0.1, 0.15) is 22.6 Å². The van der Waals surface area contributed by atoms with Crippen LogP contribution < -0.4 is 0 Å². The third kappa shape index (κ3) is 3.43. The molecule has 0 saturated heterocycles. The Bertz CT molecular complexity index is 2700. The van der Waals surface area contributed by atoms with Gasteiger partial charge in [-0.3, -0.25) is 4.57 Å². The summed E-state index contributed by atoms with van der Waals surface area (Å²) in [5, 5.41) is 6.33. The normalized spacial score (nSPS) is 12.0.